The maximum Gasteiger partial charge on any atom is 0.338 e. The zero-order chi connectivity index (χ0) is 35.6. The quantitative estimate of drug-likeness (QED) is 0.111. The van der Waals surface area contributed by atoms with E-state index in [1.54, 1.807) is 50.3 Å². The first kappa shape index (κ1) is 34.8. The van der Waals surface area contributed by atoms with Gasteiger partial charge in [0.05, 0.1) is 70.2 Å². The summed E-state index contributed by atoms with van der Waals surface area (Å²) in [5.74, 6) is 0.199. The van der Waals surface area contributed by atoms with Crippen LogP contribution in [0, 0.1) is 20.2 Å². The summed E-state index contributed by atoms with van der Waals surface area (Å²) in [5, 5.41) is 22.8. The number of halogens is 1. The minimum Gasteiger partial charge on any atom is -0.493 e. The second kappa shape index (κ2) is 14.3. The summed E-state index contributed by atoms with van der Waals surface area (Å²) in [6.07, 6.45) is 1.60. The Kier molecular flexibility index (Phi) is 10.1. The summed E-state index contributed by atoms with van der Waals surface area (Å²) in [4.78, 5) is 53.6. The van der Waals surface area contributed by atoms with Crippen LogP contribution in [0.25, 0.3) is 6.08 Å². The summed E-state index contributed by atoms with van der Waals surface area (Å²) in [6, 6.07) is 10.4. The lowest BCUT2D eigenvalue weighted by Crippen LogP contribution is -2.40. The van der Waals surface area contributed by atoms with Gasteiger partial charge in [-0.1, -0.05) is 17.4 Å². The average Bonchev–Trinajstić information content (AvgIpc) is 3.38. The van der Waals surface area contributed by atoms with Crippen molar-refractivity contribution in [3.05, 3.63) is 115 Å². The number of fused-ring (bicyclic) bond motifs is 1. The number of ether oxygens (including phenoxy) is 5. The van der Waals surface area contributed by atoms with Crippen LogP contribution in [-0.4, -0.2) is 48.3 Å². The van der Waals surface area contributed by atoms with E-state index in [0.29, 0.717) is 37.6 Å². The lowest BCUT2D eigenvalue weighted by Gasteiger charge is -2.25. The molecule has 254 valence electrons. The van der Waals surface area contributed by atoms with Gasteiger partial charge in [-0.25, -0.2) is 9.79 Å². The lowest BCUT2D eigenvalue weighted by molar-refractivity contribution is -0.394. The van der Waals surface area contributed by atoms with Crippen molar-refractivity contribution in [2.24, 2.45) is 4.99 Å². The van der Waals surface area contributed by atoms with E-state index in [0.717, 1.165) is 29.5 Å². The monoisotopic (exact) mass is 754 g/mol. The summed E-state index contributed by atoms with van der Waals surface area (Å²) in [6.45, 7) is 3.48. The van der Waals surface area contributed by atoms with Gasteiger partial charge in [0.15, 0.2) is 27.8 Å². The topological polar surface area (TPSA) is 184 Å². The average molecular weight is 756 g/mol. The molecule has 0 radical (unpaired) electrons. The SMILES string of the molecule is CCOC(=O)C1=C(C)N=c2s/c(=C\c3cc(Br)c(Oc4ccc([N+](=O)[O-])cc4[N+](=O)[O-])c(OC)c3)c(=O)n2[C@H]1c1ccc(OC)c(OC)c1. The molecule has 1 aliphatic heterocycles. The molecule has 0 saturated heterocycles. The van der Waals surface area contributed by atoms with Crippen molar-refractivity contribution < 1.29 is 38.3 Å². The van der Waals surface area contributed by atoms with Gasteiger partial charge in [0.25, 0.3) is 11.2 Å². The number of esters is 1. The van der Waals surface area contributed by atoms with Crippen LogP contribution in [-0.2, 0) is 9.53 Å². The van der Waals surface area contributed by atoms with Crippen LogP contribution < -0.4 is 33.8 Å². The Bertz CT molecular complexity index is 2230. The summed E-state index contributed by atoms with van der Waals surface area (Å²) in [5.41, 5.74) is 0.110. The van der Waals surface area contributed by atoms with Crippen LogP contribution >= 0.6 is 27.3 Å². The van der Waals surface area contributed by atoms with Crippen molar-refractivity contribution in [1.82, 2.24) is 4.57 Å². The molecule has 0 aliphatic carbocycles. The number of benzene rings is 3. The van der Waals surface area contributed by atoms with Crippen molar-refractivity contribution in [1.29, 1.82) is 0 Å². The number of allylic oxidation sites excluding steroid dienone is 1. The van der Waals surface area contributed by atoms with Crippen LogP contribution in [0.5, 0.6) is 28.7 Å². The third kappa shape index (κ3) is 6.75. The van der Waals surface area contributed by atoms with Gasteiger partial charge in [-0.05, 0) is 77.3 Å². The fraction of sp³-hybridized carbons (Fsp3) is 0.219. The fourth-order valence-electron chi connectivity index (χ4n) is 5.16. The molecule has 17 heteroatoms. The highest BCUT2D eigenvalue weighted by atomic mass is 79.9. The molecule has 0 unspecified atom stereocenters. The number of hydrogen-bond acceptors (Lipinski definition) is 13. The molecule has 1 aromatic heterocycles. The minimum atomic E-state index is -0.896. The molecule has 0 N–H and O–H groups in total. The van der Waals surface area contributed by atoms with Gasteiger partial charge in [-0.3, -0.25) is 29.6 Å². The molecule has 0 fully saturated rings. The third-order valence-corrected chi connectivity index (χ3v) is 8.92. The Labute approximate surface area is 289 Å². The van der Waals surface area contributed by atoms with Gasteiger partial charge < -0.3 is 23.7 Å². The fourth-order valence-corrected chi connectivity index (χ4v) is 6.75. The number of methoxy groups -OCH3 is 3. The molecule has 0 amide bonds. The number of nitro benzene ring substituents is 2. The molecular weight excluding hydrogens is 728 g/mol. The molecular formula is C32H27BrN4O11S. The van der Waals surface area contributed by atoms with Gasteiger partial charge in [0.1, 0.15) is 0 Å². The number of rotatable bonds is 11. The first-order valence-corrected chi connectivity index (χ1v) is 15.9. The van der Waals surface area contributed by atoms with E-state index in [-0.39, 0.29) is 34.0 Å². The second-order valence-corrected chi connectivity index (χ2v) is 12.1. The normalized spacial score (nSPS) is 14.1. The number of non-ortho nitro benzene ring substituents is 1. The third-order valence-electron chi connectivity index (χ3n) is 7.35. The van der Waals surface area contributed by atoms with Crippen molar-refractivity contribution in [3.63, 3.8) is 0 Å². The molecule has 15 nitrogen and oxygen atoms in total. The van der Waals surface area contributed by atoms with Gasteiger partial charge in [0, 0.05) is 6.07 Å². The number of nitrogens with zero attached hydrogens (tertiary/aromatic N) is 4. The highest BCUT2D eigenvalue weighted by Gasteiger charge is 2.34. The van der Waals surface area contributed by atoms with E-state index in [2.05, 4.69) is 20.9 Å². The zero-order valence-electron chi connectivity index (χ0n) is 26.5. The van der Waals surface area contributed by atoms with Crippen molar-refractivity contribution in [3.8, 4) is 28.7 Å². The van der Waals surface area contributed by atoms with Gasteiger partial charge in [-0.15, -0.1) is 0 Å². The highest BCUT2D eigenvalue weighted by molar-refractivity contribution is 9.10. The van der Waals surface area contributed by atoms with E-state index in [1.165, 1.54) is 25.9 Å². The summed E-state index contributed by atoms with van der Waals surface area (Å²) in [7, 11) is 4.34. The maximum atomic E-state index is 14.1. The molecule has 4 aromatic rings. The lowest BCUT2D eigenvalue weighted by atomic mass is 9.95. The molecule has 0 saturated carbocycles. The van der Waals surface area contributed by atoms with E-state index < -0.39 is 38.8 Å². The standard InChI is InChI=1S/C32H27BrN4O11S/c1-6-47-31(39)27-16(2)34-32-35(28(27)18-7-9-23(44-3)24(14-18)45-4)30(38)26(49-32)13-17-11-20(33)29(25(12-17)46-5)48-22-10-8-19(36(40)41)15-21(22)37(42)43/h7-15,28H,6H2,1-5H3/b26-13-/t28-/m0/s1. The Morgan fingerprint density at radius 1 is 0.980 bits per heavy atom. The van der Waals surface area contributed by atoms with Crippen LogP contribution in [0.3, 0.4) is 0 Å². The molecule has 3 aromatic carbocycles. The Hall–Kier alpha value is -5.55. The summed E-state index contributed by atoms with van der Waals surface area (Å²) >= 11 is 4.52. The number of nitro groups is 2. The first-order chi connectivity index (χ1) is 23.4. The summed E-state index contributed by atoms with van der Waals surface area (Å²) < 4.78 is 29.6. The van der Waals surface area contributed by atoms with Crippen LogP contribution in [0.1, 0.15) is 31.0 Å². The molecule has 1 atom stereocenters. The highest BCUT2D eigenvalue weighted by Crippen LogP contribution is 2.43. The number of carbonyl (C=O) groups excluding carboxylic acids is 1. The van der Waals surface area contributed by atoms with Crippen LogP contribution in [0.2, 0.25) is 0 Å². The number of carbonyl (C=O) groups is 1. The molecule has 2 heterocycles. The number of aromatic nitrogens is 1. The largest absolute Gasteiger partial charge is 0.493 e. The predicted molar refractivity (Wildman–Crippen MR) is 180 cm³/mol. The Morgan fingerprint density at radius 2 is 1.67 bits per heavy atom. The number of hydrogen-bond donors (Lipinski definition) is 0. The molecule has 1 aliphatic rings. The van der Waals surface area contributed by atoms with Crippen molar-refractivity contribution in [2.75, 3.05) is 27.9 Å². The molecule has 0 bridgehead atoms. The van der Waals surface area contributed by atoms with Crippen LogP contribution in [0.15, 0.2) is 74.1 Å². The van der Waals surface area contributed by atoms with E-state index >= 15 is 0 Å². The van der Waals surface area contributed by atoms with E-state index in [4.69, 9.17) is 23.7 Å². The minimum absolute atomic E-state index is 0.0567. The van der Waals surface area contributed by atoms with Crippen LogP contribution in [0.4, 0.5) is 11.4 Å². The first-order valence-electron chi connectivity index (χ1n) is 14.3. The Morgan fingerprint density at radius 3 is 2.31 bits per heavy atom. The van der Waals surface area contributed by atoms with Crippen molar-refractivity contribution >= 4 is 50.7 Å². The van der Waals surface area contributed by atoms with Gasteiger partial charge in [0.2, 0.25) is 5.75 Å². The smallest absolute Gasteiger partial charge is 0.338 e. The molecule has 49 heavy (non-hydrogen) atoms. The van der Waals surface area contributed by atoms with Gasteiger partial charge in [-0.2, -0.15) is 0 Å². The zero-order valence-corrected chi connectivity index (χ0v) is 28.9. The van der Waals surface area contributed by atoms with Gasteiger partial charge >= 0.3 is 11.7 Å². The Balaban J connectivity index is 1.63. The number of thiazole rings is 1. The van der Waals surface area contributed by atoms with Crippen molar-refractivity contribution in [2.45, 2.75) is 19.9 Å². The molecule has 5 rings (SSSR count). The maximum absolute atomic E-state index is 14.1. The van der Waals surface area contributed by atoms with E-state index in [1.807, 2.05) is 0 Å². The predicted octanol–water partition coefficient (Wildman–Crippen LogP) is 5.20. The van der Waals surface area contributed by atoms with E-state index in [9.17, 15) is 29.8 Å². The second-order valence-electron chi connectivity index (χ2n) is 10.2. The molecule has 0 spiro atoms.